The number of halogens is 1. The molecule has 7 heteroatoms. The standard InChI is InChI=1S/C23H32ClN3O3/c1-26(2)13-10-25-21(28)16-4-5-20(19(24)14-16)30-17-6-11-27(12-7-17)22(29)18-15-23(18)8-3-9-23/h4-5,14,17-18H,3,6-13,15H2,1-2H3,(H,25,28)/t18-/m1/s1. The topological polar surface area (TPSA) is 61.9 Å². The number of amides is 2. The van der Waals surface area contributed by atoms with Gasteiger partial charge in [0.25, 0.3) is 5.91 Å². The Morgan fingerprint density at radius 1 is 1.27 bits per heavy atom. The molecular weight excluding hydrogens is 402 g/mol. The molecule has 0 aromatic heterocycles. The molecule has 2 aliphatic carbocycles. The van der Waals surface area contributed by atoms with Gasteiger partial charge in [0.05, 0.1) is 5.02 Å². The molecule has 1 N–H and O–H groups in total. The summed E-state index contributed by atoms with van der Waals surface area (Å²) in [4.78, 5) is 29.0. The van der Waals surface area contributed by atoms with Crippen molar-refractivity contribution in [3.63, 3.8) is 0 Å². The summed E-state index contributed by atoms with van der Waals surface area (Å²) in [7, 11) is 3.93. The molecule has 3 fully saturated rings. The molecule has 6 nitrogen and oxygen atoms in total. The third kappa shape index (κ3) is 4.59. The lowest BCUT2D eigenvalue weighted by molar-refractivity contribution is -0.135. The number of rotatable bonds is 7. The fraction of sp³-hybridized carbons (Fsp3) is 0.652. The molecule has 1 aliphatic heterocycles. The molecule has 0 unspecified atom stereocenters. The van der Waals surface area contributed by atoms with Crippen LogP contribution in [0.1, 0.15) is 48.9 Å². The largest absolute Gasteiger partial charge is 0.489 e. The van der Waals surface area contributed by atoms with Crippen molar-refractivity contribution in [3.8, 4) is 5.75 Å². The van der Waals surface area contributed by atoms with Gasteiger partial charge < -0.3 is 19.9 Å². The van der Waals surface area contributed by atoms with E-state index >= 15 is 0 Å². The van der Waals surface area contributed by atoms with Crippen LogP contribution in [-0.2, 0) is 4.79 Å². The fourth-order valence-corrected chi connectivity index (χ4v) is 4.93. The van der Waals surface area contributed by atoms with Crippen LogP contribution in [-0.4, -0.2) is 68.0 Å². The van der Waals surface area contributed by atoms with E-state index in [-0.39, 0.29) is 17.9 Å². The molecule has 1 saturated heterocycles. The molecule has 2 amide bonds. The molecule has 2 saturated carbocycles. The van der Waals surface area contributed by atoms with Gasteiger partial charge in [-0.2, -0.15) is 0 Å². The highest BCUT2D eigenvalue weighted by Gasteiger charge is 2.61. The van der Waals surface area contributed by atoms with E-state index in [0.717, 1.165) is 38.9 Å². The minimum absolute atomic E-state index is 0.0446. The number of ether oxygens (including phenoxy) is 1. The van der Waals surface area contributed by atoms with E-state index in [1.165, 1.54) is 19.3 Å². The number of piperidine rings is 1. The fourth-order valence-electron chi connectivity index (χ4n) is 4.71. The highest BCUT2D eigenvalue weighted by atomic mass is 35.5. The summed E-state index contributed by atoms with van der Waals surface area (Å²) in [6.07, 6.45) is 6.55. The Morgan fingerprint density at radius 3 is 2.57 bits per heavy atom. The number of carbonyl (C=O) groups is 2. The Hall–Kier alpha value is -1.79. The Balaban J connectivity index is 1.25. The SMILES string of the molecule is CN(C)CCNC(=O)c1ccc(OC2CCN(C(=O)[C@H]3CC34CCC4)CC2)c(Cl)c1. The maximum atomic E-state index is 12.7. The lowest BCUT2D eigenvalue weighted by Gasteiger charge is -2.34. The number of hydrogen-bond donors (Lipinski definition) is 1. The van der Waals surface area contributed by atoms with Crippen molar-refractivity contribution in [2.75, 3.05) is 40.3 Å². The number of likely N-dealkylation sites (tertiary alicyclic amines) is 1. The smallest absolute Gasteiger partial charge is 0.251 e. The van der Waals surface area contributed by atoms with Gasteiger partial charge in [-0.05, 0) is 57.0 Å². The van der Waals surface area contributed by atoms with Crippen molar-refractivity contribution >= 4 is 23.4 Å². The summed E-state index contributed by atoms with van der Waals surface area (Å²) in [5, 5.41) is 3.33. The van der Waals surface area contributed by atoms with E-state index in [2.05, 4.69) is 5.32 Å². The van der Waals surface area contributed by atoms with Gasteiger partial charge >= 0.3 is 0 Å². The molecule has 164 valence electrons. The van der Waals surface area contributed by atoms with E-state index in [9.17, 15) is 9.59 Å². The normalized spacial score (nSPS) is 22.7. The summed E-state index contributed by atoms with van der Waals surface area (Å²) in [5.41, 5.74) is 0.916. The van der Waals surface area contributed by atoms with E-state index in [1.807, 2.05) is 23.9 Å². The second kappa shape index (κ2) is 8.75. The van der Waals surface area contributed by atoms with Gasteiger partial charge in [0.15, 0.2) is 0 Å². The van der Waals surface area contributed by atoms with Gasteiger partial charge in [0.1, 0.15) is 11.9 Å². The molecule has 1 aromatic rings. The molecule has 0 bridgehead atoms. The summed E-state index contributed by atoms with van der Waals surface area (Å²) in [5.74, 6) is 1.11. The summed E-state index contributed by atoms with van der Waals surface area (Å²) in [6, 6.07) is 5.17. The second-order valence-corrected chi connectivity index (χ2v) is 9.73. The lowest BCUT2D eigenvalue weighted by Crippen LogP contribution is -2.43. The van der Waals surface area contributed by atoms with Gasteiger partial charge in [-0.1, -0.05) is 18.0 Å². The average Bonchev–Trinajstić information content (AvgIpc) is 3.46. The molecular formula is C23H32ClN3O3. The van der Waals surface area contributed by atoms with Gasteiger partial charge in [-0.25, -0.2) is 0 Å². The van der Waals surface area contributed by atoms with Gasteiger partial charge in [0, 0.05) is 50.5 Å². The number of nitrogens with zero attached hydrogens (tertiary/aromatic N) is 2. The number of benzene rings is 1. The first-order valence-electron chi connectivity index (χ1n) is 11.1. The summed E-state index contributed by atoms with van der Waals surface area (Å²) >= 11 is 6.38. The minimum atomic E-state index is -0.138. The molecule has 1 aromatic carbocycles. The molecule has 1 atom stereocenters. The Morgan fingerprint density at radius 2 is 2.00 bits per heavy atom. The zero-order chi connectivity index (χ0) is 21.3. The van der Waals surface area contributed by atoms with Crippen molar-refractivity contribution in [2.24, 2.45) is 11.3 Å². The quantitative estimate of drug-likeness (QED) is 0.717. The average molecular weight is 434 g/mol. The highest BCUT2D eigenvalue weighted by Crippen LogP contribution is 2.66. The number of hydrogen-bond acceptors (Lipinski definition) is 4. The van der Waals surface area contributed by atoms with Crippen LogP contribution >= 0.6 is 11.6 Å². The summed E-state index contributed by atoms with van der Waals surface area (Å²) < 4.78 is 6.10. The molecule has 0 radical (unpaired) electrons. The number of carbonyl (C=O) groups excluding carboxylic acids is 2. The van der Waals surface area contributed by atoms with E-state index in [4.69, 9.17) is 16.3 Å². The van der Waals surface area contributed by atoms with Crippen LogP contribution in [0.15, 0.2) is 18.2 Å². The zero-order valence-electron chi connectivity index (χ0n) is 18.0. The molecule has 1 spiro atoms. The van der Waals surface area contributed by atoms with Crippen LogP contribution in [0.4, 0.5) is 0 Å². The van der Waals surface area contributed by atoms with Crippen LogP contribution in [0.25, 0.3) is 0 Å². The third-order valence-electron chi connectivity index (χ3n) is 6.92. The van der Waals surface area contributed by atoms with Crippen LogP contribution in [0, 0.1) is 11.3 Å². The van der Waals surface area contributed by atoms with Crippen molar-refractivity contribution < 1.29 is 14.3 Å². The van der Waals surface area contributed by atoms with Crippen molar-refractivity contribution in [3.05, 3.63) is 28.8 Å². The number of likely N-dealkylation sites (N-methyl/N-ethyl adjacent to an activating group) is 1. The molecule has 3 aliphatic rings. The van der Waals surface area contributed by atoms with E-state index in [0.29, 0.717) is 34.2 Å². The van der Waals surface area contributed by atoms with Crippen LogP contribution in [0.5, 0.6) is 5.75 Å². The monoisotopic (exact) mass is 433 g/mol. The lowest BCUT2D eigenvalue weighted by atomic mass is 9.79. The van der Waals surface area contributed by atoms with Crippen LogP contribution in [0.3, 0.4) is 0 Å². The summed E-state index contributed by atoms with van der Waals surface area (Å²) in [6.45, 7) is 2.87. The Labute approximate surface area is 183 Å². The first-order valence-corrected chi connectivity index (χ1v) is 11.4. The van der Waals surface area contributed by atoms with E-state index in [1.54, 1.807) is 18.2 Å². The predicted molar refractivity (Wildman–Crippen MR) is 117 cm³/mol. The van der Waals surface area contributed by atoms with Gasteiger partial charge in [0.2, 0.25) is 5.91 Å². The van der Waals surface area contributed by atoms with Crippen molar-refractivity contribution in [1.29, 1.82) is 0 Å². The zero-order valence-corrected chi connectivity index (χ0v) is 18.7. The van der Waals surface area contributed by atoms with Crippen LogP contribution < -0.4 is 10.1 Å². The van der Waals surface area contributed by atoms with Gasteiger partial charge in [-0.15, -0.1) is 0 Å². The first kappa shape index (κ1) is 21.4. The molecule has 4 rings (SSSR count). The Bertz CT molecular complexity index is 801. The molecule has 30 heavy (non-hydrogen) atoms. The van der Waals surface area contributed by atoms with Crippen molar-refractivity contribution in [1.82, 2.24) is 15.1 Å². The minimum Gasteiger partial charge on any atom is -0.489 e. The predicted octanol–water partition coefficient (Wildman–Crippen LogP) is 3.19. The third-order valence-corrected chi connectivity index (χ3v) is 7.22. The first-order chi connectivity index (χ1) is 14.4. The second-order valence-electron chi connectivity index (χ2n) is 9.32. The van der Waals surface area contributed by atoms with Gasteiger partial charge in [-0.3, -0.25) is 9.59 Å². The van der Waals surface area contributed by atoms with E-state index < -0.39 is 0 Å². The Kier molecular flexibility index (Phi) is 6.26. The maximum Gasteiger partial charge on any atom is 0.251 e. The van der Waals surface area contributed by atoms with Crippen LogP contribution in [0.2, 0.25) is 5.02 Å². The molecule has 1 heterocycles. The maximum absolute atomic E-state index is 12.7. The highest BCUT2D eigenvalue weighted by molar-refractivity contribution is 6.32. The number of nitrogens with one attached hydrogen (secondary N) is 1. The van der Waals surface area contributed by atoms with Crippen molar-refractivity contribution in [2.45, 2.75) is 44.6 Å².